The van der Waals surface area contributed by atoms with Crippen LogP contribution in [0, 0.1) is 17.7 Å². The molecular weight excluding hydrogens is 263 g/mol. The van der Waals surface area contributed by atoms with Gasteiger partial charge in [-0.1, -0.05) is 26.8 Å². The highest BCUT2D eigenvalue weighted by molar-refractivity contribution is 5.50. The summed E-state index contributed by atoms with van der Waals surface area (Å²) in [4.78, 5) is 2.23. The number of benzene rings is 1. The fourth-order valence-corrected chi connectivity index (χ4v) is 3.39. The number of rotatable bonds is 4. The Bertz CT molecular complexity index is 474. The van der Waals surface area contributed by atoms with Gasteiger partial charge in [-0.25, -0.2) is 4.39 Å². The minimum absolute atomic E-state index is 0.107. The van der Waals surface area contributed by atoms with Crippen molar-refractivity contribution in [3.05, 3.63) is 29.6 Å². The van der Waals surface area contributed by atoms with Gasteiger partial charge in [0.1, 0.15) is 5.82 Å². The number of anilines is 1. The van der Waals surface area contributed by atoms with Gasteiger partial charge in [-0.15, -0.1) is 0 Å². The summed E-state index contributed by atoms with van der Waals surface area (Å²) in [6.07, 6.45) is 2.89. The lowest BCUT2D eigenvalue weighted by Crippen LogP contribution is -2.46. The standard InChI is InChI=1S/C18H29FN2/c1-5-16(20)9-15-6-7-18(17(19)10-15)21-11-12(2)8-13(3)14(21)4/h6-7,10,12-14,16H,5,8-9,11,20H2,1-4H3. The summed E-state index contributed by atoms with van der Waals surface area (Å²) < 4.78 is 14.5. The van der Waals surface area contributed by atoms with Gasteiger partial charge in [0.2, 0.25) is 0 Å². The van der Waals surface area contributed by atoms with Crippen molar-refractivity contribution in [3.63, 3.8) is 0 Å². The zero-order valence-electron chi connectivity index (χ0n) is 13.8. The van der Waals surface area contributed by atoms with Gasteiger partial charge in [-0.3, -0.25) is 0 Å². The van der Waals surface area contributed by atoms with Crippen molar-refractivity contribution >= 4 is 5.69 Å². The molecule has 0 aromatic heterocycles. The van der Waals surface area contributed by atoms with E-state index < -0.39 is 0 Å². The second kappa shape index (κ2) is 6.78. The molecule has 4 atom stereocenters. The predicted octanol–water partition coefficient (Wildman–Crippen LogP) is 3.98. The van der Waals surface area contributed by atoms with E-state index >= 15 is 0 Å². The van der Waals surface area contributed by atoms with Crippen molar-refractivity contribution in [3.8, 4) is 0 Å². The van der Waals surface area contributed by atoms with E-state index in [2.05, 4.69) is 32.6 Å². The van der Waals surface area contributed by atoms with Crippen LogP contribution in [0.5, 0.6) is 0 Å². The van der Waals surface area contributed by atoms with Crippen LogP contribution in [-0.4, -0.2) is 18.6 Å². The Balaban J connectivity index is 2.20. The zero-order valence-corrected chi connectivity index (χ0v) is 13.8. The summed E-state index contributed by atoms with van der Waals surface area (Å²) in [6.45, 7) is 9.72. The number of nitrogens with zero attached hydrogens (tertiary/aromatic N) is 1. The topological polar surface area (TPSA) is 29.3 Å². The van der Waals surface area contributed by atoms with E-state index in [1.165, 1.54) is 6.42 Å². The molecule has 4 unspecified atom stereocenters. The van der Waals surface area contributed by atoms with Crippen LogP contribution in [-0.2, 0) is 6.42 Å². The highest BCUT2D eigenvalue weighted by Gasteiger charge is 2.30. The molecule has 1 fully saturated rings. The fraction of sp³-hybridized carbons (Fsp3) is 0.667. The monoisotopic (exact) mass is 292 g/mol. The lowest BCUT2D eigenvalue weighted by molar-refractivity contribution is 0.295. The Kier molecular flexibility index (Phi) is 5.26. The van der Waals surface area contributed by atoms with Crippen molar-refractivity contribution in [1.29, 1.82) is 0 Å². The second-order valence-corrected chi connectivity index (χ2v) is 6.87. The molecule has 2 nitrogen and oxygen atoms in total. The van der Waals surface area contributed by atoms with Crippen LogP contribution in [0.1, 0.15) is 46.1 Å². The number of hydrogen-bond donors (Lipinski definition) is 1. The molecule has 21 heavy (non-hydrogen) atoms. The molecule has 2 N–H and O–H groups in total. The van der Waals surface area contributed by atoms with Crippen molar-refractivity contribution in [1.82, 2.24) is 0 Å². The summed E-state index contributed by atoms with van der Waals surface area (Å²) in [5, 5.41) is 0. The molecule has 1 aliphatic rings. The van der Waals surface area contributed by atoms with E-state index in [-0.39, 0.29) is 11.9 Å². The van der Waals surface area contributed by atoms with Crippen LogP contribution < -0.4 is 10.6 Å². The molecule has 1 aromatic carbocycles. The van der Waals surface area contributed by atoms with Gasteiger partial charge in [0.25, 0.3) is 0 Å². The molecule has 3 heteroatoms. The number of halogens is 1. The van der Waals surface area contributed by atoms with Crippen LogP contribution in [0.4, 0.5) is 10.1 Å². The highest BCUT2D eigenvalue weighted by atomic mass is 19.1. The van der Waals surface area contributed by atoms with Crippen molar-refractivity contribution in [2.75, 3.05) is 11.4 Å². The first-order chi connectivity index (χ1) is 9.92. The molecule has 0 saturated carbocycles. The quantitative estimate of drug-likeness (QED) is 0.909. The third kappa shape index (κ3) is 3.76. The van der Waals surface area contributed by atoms with E-state index in [9.17, 15) is 4.39 Å². The molecule has 2 rings (SSSR count). The molecule has 118 valence electrons. The lowest BCUT2D eigenvalue weighted by atomic mass is 9.85. The number of piperidine rings is 1. The molecule has 0 aliphatic carbocycles. The van der Waals surface area contributed by atoms with Crippen molar-refractivity contribution in [2.24, 2.45) is 17.6 Å². The fourth-order valence-electron chi connectivity index (χ4n) is 3.39. The maximum absolute atomic E-state index is 14.5. The largest absolute Gasteiger partial charge is 0.366 e. The summed E-state index contributed by atoms with van der Waals surface area (Å²) in [5.41, 5.74) is 7.70. The first-order valence-electron chi connectivity index (χ1n) is 8.23. The Morgan fingerprint density at radius 3 is 2.67 bits per heavy atom. The summed E-state index contributed by atoms with van der Waals surface area (Å²) >= 11 is 0. The Labute approximate surface area is 128 Å². The average molecular weight is 292 g/mol. The van der Waals surface area contributed by atoms with Gasteiger partial charge in [-0.05, 0) is 55.7 Å². The van der Waals surface area contributed by atoms with Crippen LogP contribution in [0.25, 0.3) is 0 Å². The van der Waals surface area contributed by atoms with Crippen LogP contribution in [0.2, 0.25) is 0 Å². The normalized spacial score (nSPS) is 27.7. The Morgan fingerprint density at radius 1 is 1.33 bits per heavy atom. The third-order valence-electron chi connectivity index (χ3n) is 4.94. The zero-order chi connectivity index (χ0) is 15.6. The van der Waals surface area contributed by atoms with Crippen molar-refractivity contribution < 1.29 is 4.39 Å². The number of hydrogen-bond acceptors (Lipinski definition) is 2. The minimum Gasteiger partial charge on any atom is -0.366 e. The highest BCUT2D eigenvalue weighted by Crippen LogP contribution is 2.33. The lowest BCUT2D eigenvalue weighted by Gasteiger charge is -2.42. The summed E-state index contributed by atoms with van der Waals surface area (Å²) in [7, 11) is 0. The SMILES string of the molecule is CCC(N)Cc1ccc(N2CC(C)CC(C)C2C)c(F)c1. The van der Waals surface area contributed by atoms with Gasteiger partial charge in [0.15, 0.2) is 0 Å². The van der Waals surface area contributed by atoms with E-state index in [0.717, 1.165) is 30.6 Å². The third-order valence-corrected chi connectivity index (χ3v) is 4.94. The first-order valence-corrected chi connectivity index (χ1v) is 8.23. The van der Waals surface area contributed by atoms with E-state index in [1.54, 1.807) is 6.07 Å². The molecule has 0 bridgehead atoms. The van der Waals surface area contributed by atoms with E-state index in [0.29, 0.717) is 17.9 Å². The van der Waals surface area contributed by atoms with Crippen LogP contribution in [0.15, 0.2) is 18.2 Å². The molecule has 0 radical (unpaired) electrons. The maximum Gasteiger partial charge on any atom is 0.146 e. The van der Waals surface area contributed by atoms with Crippen LogP contribution >= 0.6 is 0 Å². The minimum atomic E-state index is -0.107. The molecule has 0 amide bonds. The smallest absolute Gasteiger partial charge is 0.146 e. The molecule has 1 saturated heterocycles. The second-order valence-electron chi connectivity index (χ2n) is 6.87. The summed E-state index contributed by atoms with van der Waals surface area (Å²) in [6, 6.07) is 6.14. The molecular formula is C18H29FN2. The summed E-state index contributed by atoms with van der Waals surface area (Å²) in [5.74, 6) is 1.11. The molecule has 1 heterocycles. The molecule has 1 aliphatic heterocycles. The molecule has 0 spiro atoms. The van der Waals surface area contributed by atoms with Gasteiger partial charge in [0.05, 0.1) is 5.69 Å². The van der Waals surface area contributed by atoms with Gasteiger partial charge >= 0.3 is 0 Å². The number of nitrogens with two attached hydrogens (primary N) is 1. The van der Waals surface area contributed by atoms with Gasteiger partial charge < -0.3 is 10.6 Å². The van der Waals surface area contributed by atoms with E-state index in [4.69, 9.17) is 5.73 Å². The van der Waals surface area contributed by atoms with Gasteiger partial charge in [0, 0.05) is 18.6 Å². The molecule has 1 aromatic rings. The Morgan fingerprint density at radius 2 is 2.05 bits per heavy atom. The Hall–Kier alpha value is -1.09. The maximum atomic E-state index is 14.5. The van der Waals surface area contributed by atoms with E-state index in [1.807, 2.05) is 12.1 Å². The van der Waals surface area contributed by atoms with Crippen molar-refractivity contribution in [2.45, 2.75) is 59.0 Å². The van der Waals surface area contributed by atoms with Crippen LogP contribution in [0.3, 0.4) is 0 Å². The van der Waals surface area contributed by atoms with Gasteiger partial charge in [-0.2, -0.15) is 0 Å². The average Bonchev–Trinajstić information content (AvgIpc) is 2.43. The first kappa shape index (κ1) is 16.3. The predicted molar refractivity (Wildman–Crippen MR) is 88.1 cm³/mol.